The normalized spacial score (nSPS) is 13.1. The van der Waals surface area contributed by atoms with Gasteiger partial charge in [0, 0.05) is 38.5 Å². The van der Waals surface area contributed by atoms with Crippen molar-refractivity contribution >= 4 is 0 Å². The molecule has 4 nitrogen and oxygen atoms in total. The van der Waals surface area contributed by atoms with Crippen molar-refractivity contribution in [2.45, 2.75) is 33.0 Å². The van der Waals surface area contributed by atoms with E-state index in [0.29, 0.717) is 0 Å². The zero-order chi connectivity index (χ0) is 10.4. The van der Waals surface area contributed by atoms with E-state index < -0.39 is 0 Å². The lowest BCUT2D eigenvalue weighted by molar-refractivity contribution is 0.117. The lowest BCUT2D eigenvalue weighted by atomic mass is 10.3. The molecule has 0 aliphatic carbocycles. The van der Waals surface area contributed by atoms with Gasteiger partial charge in [-0.15, -0.1) is 0 Å². The van der Waals surface area contributed by atoms with Crippen LogP contribution in [0.15, 0.2) is 12.4 Å². The van der Waals surface area contributed by atoms with Gasteiger partial charge in [0.05, 0.1) is 12.3 Å². The Morgan fingerprint density at radius 2 is 2.43 bits per heavy atom. The molecule has 1 atom stereocenters. The molecule has 0 saturated carbocycles. The molecule has 1 heterocycles. The molecule has 14 heavy (non-hydrogen) atoms. The molecule has 1 rings (SSSR count). The summed E-state index contributed by atoms with van der Waals surface area (Å²) in [6, 6.07) is 0. The van der Waals surface area contributed by atoms with Crippen molar-refractivity contribution < 1.29 is 4.74 Å². The number of nitrogens with zero attached hydrogens (tertiary/aromatic N) is 2. The van der Waals surface area contributed by atoms with Gasteiger partial charge in [0.15, 0.2) is 0 Å². The Balaban J connectivity index is 2.24. The van der Waals surface area contributed by atoms with Crippen LogP contribution in [0.3, 0.4) is 0 Å². The van der Waals surface area contributed by atoms with E-state index in [2.05, 4.69) is 23.5 Å². The Kier molecular flexibility index (Phi) is 4.62. The van der Waals surface area contributed by atoms with Crippen molar-refractivity contribution in [2.75, 3.05) is 13.7 Å². The number of ether oxygens (including phenoxy) is 1. The second-order valence-electron chi connectivity index (χ2n) is 3.38. The molecule has 0 fully saturated rings. The number of nitrogens with one attached hydrogen (secondary N) is 1. The fourth-order valence-electron chi connectivity index (χ4n) is 1.17. The SMILES string of the molecule is CCn1cc(CNCC(C)OC)cn1. The van der Waals surface area contributed by atoms with Crippen molar-refractivity contribution in [1.82, 2.24) is 15.1 Å². The minimum Gasteiger partial charge on any atom is -0.380 e. The monoisotopic (exact) mass is 197 g/mol. The largest absolute Gasteiger partial charge is 0.380 e. The molecule has 1 N–H and O–H groups in total. The van der Waals surface area contributed by atoms with Crippen LogP contribution in [0.4, 0.5) is 0 Å². The Morgan fingerprint density at radius 1 is 1.64 bits per heavy atom. The van der Waals surface area contributed by atoms with Crippen molar-refractivity contribution in [2.24, 2.45) is 0 Å². The number of aryl methyl sites for hydroxylation is 1. The molecule has 4 heteroatoms. The number of hydrogen-bond acceptors (Lipinski definition) is 3. The summed E-state index contributed by atoms with van der Waals surface area (Å²) < 4.78 is 7.06. The summed E-state index contributed by atoms with van der Waals surface area (Å²) in [6.45, 7) is 6.77. The van der Waals surface area contributed by atoms with Gasteiger partial charge in [-0.25, -0.2) is 0 Å². The minimum absolute atomic E-state index is 0.260. The number of rotatable bonds is 6. The lowest BCUT2D eigenvalue weighted by Crippen LogP contribution is -2.25. The van der Waals surface area contributed by atoms with Gasteiger partial charge in [-0.1, -0.05) is 0 Å². The van der Waals surface area contributed by atoms with Gasteiger partial charge in [-0.2, -0.15) is 5.10 Å². The molecule has 0 amide bonds. The van der Waals surface area contributed by atoms with Crippen LogP contribution in [0.25, 0.3) is 0 Å². The van der Waals surface area contributed by atoms with Crippen LogP contribution < -0.4 is 5.32 Å². The molecule has 0 aliphatic heterocycles. The summed E-state index contributed by atoms with van der Waals surface area (Å²) >= 11 is 0. The van der Waals surface area contributed by atoms with E-state index in [0.717, 1.165) is 19.6 Å². The Labute approximate surface area is 85.3 Å². The second kappa shape index (κ2) is 5.78. The smallest absolute Gasteiger partial charge is 0.0667 e. The summed E-state index contributed by atoms with van der Waals surface area (Å²) in [5.41, 5.74) is 1.22. The van der Waals surface area contributed by atoms with E-state index in [-0.39, 0.29) is 6.10 Å². The second-order valence-corrected chi connectivity index (χ2v) is 3.38. The minimum atomic E-state index is 0.260. The molecular formula is C10H19N3O. The lowest BCUT2D eigenvalue weighted by Gasteiger charge is -2.09. The fourth-order valence-corrected chi connectivity index (χ4v) is 1.17. The van der Waals surface area contributed by atoms with Crippen LogP contribution in [0.5, 0.6) is 0 Å². The third-order valence-corrected chi connectivity index (χ3v) is 2.17. The molecule has 1 aromatic rings. The molecule has 0 spiro atoms. The Bertz CT molecular complexity index is 260. The molecule has 0 aliphatic rings. The quantitative estimate of drug-likeness (QED) is 0.740. The van der Waals surface area contributed by atoms with Crippen LogP contribution in [-0.4, -0.2) is 29.5 Å². The van der Waals surface area contributed by atoms with Crippen LogP contribution in [-0.2, 0) is 17.8 Å². The van der Waals surface area contributed by atoms with Gasteiger partial charge in [-0.05, 0) is 13.8 Å². The summed E-state index contributed by atoms with van der Waals surface area (Å²) in [5.74, 6) is 0. The molecular weight excluding hydrogens is 178 g/mol. The van der Waals surface area contributed by atoms with Gasteiger partial charge in [0.2, 0.25) is 0 Å². The standard InChI is InChI=1S/C10H19N3O/c1-4-13-8-10(7-12-13)6-11-5-9(2)14-3/h7-9,11H,4-6H2,1-3H3. The van der Waals surface area contributed by atoms with Crippen molar-refractivity contribution in [3.63, 3.8) is 0 Å². The number of aromatic nitrogens is 2. The zero-order valence-corrected chi connectivity index (χ0v) is 9.16. The summed E-state index contributed by atoms with van der Waals surface area (Å²) in [6.07, 6.45) is 4.22. The molecule has 0 aromatic carbocycles. The molecule has 0 radical (unpaired) electrons. The van der Waals surface area contributed by atoms with Gasteiger partial charge in [0.1, 0.15) is 0 Å². The fraction of sp³-hybridized carbons (Fsp3) is 0.700. The van der Waals surface area contributed by atoms with E-state index in [9.17, 15) is 0 Å². The maximum absolute atomic E-state index is 5.13. The topological polar surface area (TPSA) is 39.1 Å². The summed E-state index contributed by atoms with van der Waals surface area (Å²) in [7, 11) is 1.72. The van der Waals surface area contributed by atoms with Crippen LogP contribution in [0, 0.1) is 0 Å². The maximum atomic E-state index is 5.13. The highest BCUT2D eigenvalue weighted by molar-refractivity contribution is 5.03. The third kappa shape index (κ3) is 3.47. The first-order chi connectivity index (χ1) is 6.76. The molecule has 0 saturated heterocycles. The molecule has 80 valence electrons. The van der Waals surface area contributed by atoms with E-state index in [1.807, 2.05) is 17.8 Å². The average Bonchev–Trinajstić information content (AvgIpc) is 2.65. The number of methoxy groups -OCH3 is 1. The molecule has 1 aromatic heterocycles. The highest BCUT2D eigenvalue weighted by atomic mass is 16.5. The van der Waals surface area contributed by atoms with Gasteiger partial charge in [-0.3, -0.25) is 4.68 Å². The summed E-state index contributed by atoms with van der Waals surface area (Å²) in [4.78, 5) is 0. The van der Waals surface area contributed by atoms with Crippen molar-refractivity contribution in [3.05, 3.63) is 18.0 Å². The number of hydrogen-bond donors (Lipinski definition) is 1. The highest BCUT2D eigenvalue weighted by Crippen LogP contribution is 1.97. The van der Waals surface area contributed by atoms with E-state index in [4.69, 9.17) is 4.74 Å². The molecule has 1 unspecified atom stereocenters. The molecule has 0 bridgehead atoms. The summed E-state index contributed by atoms with van der Waals surface area (Å²) in [5, 5.41) is 7.51. The van der Waals surface area contributed by atoms with Crippen molar-refractivity contribution in [3.8, 4) is 0 Å². The third-order valence-electron chi connectivity index (χ3n) is 2.17. The van der Waals surface area contributed by atoms with Gasteiger partial charge >= 0.3 is 0 Å². The zero-order valence-electron chi connectivity index (χ0n) is 9.16. The van der Waals surface area contributed by atoms with E-state index in [1.165, 1.54) is 5.56 Å². The Morgan fingerprint density at radius 3 is 3.00 bits per heavy atom. The average molecular weight is 197 g/mol. The first-order valence-electron chi connectivity index (χ1n) is 5.01. The first kappa shape index (κ1) is 11.2. The van der Waals surface area contributed by atoms with Crippen LogP contribution >= 0.6 is 0 Å². The van der Waals surface area contributed by atoms with E-state index >= 15 is 0 Å². The Hall–Kier alpha value is -0.870. The predicted molar refractivity (Wildman–Crippen MR) is 56.1 cm³/mol. The maximum Gasteiger partial charge on any atom is 0.0667 e. The van der Waals surface area contributed by atoms with Crippen molar-refractivity contribution in [1.29, 1.82) is 0 Å². The van der Waals surface area contributed by atoms with Gasteiger partial charge < -0.3 is 10.1 Å². The predicted octanol–water partition coefficient (Wildman–Crippen LogP) is 1.03. The highest BCUT2D eigenvalue weighted by Gasteiger charge is 2.00. The van der Waals surface area contributed by atoms with E-state index in [1.54, 1.807) is 7.11 Å². The van der Waals surface area contributed by atoms with Crippen LogP contribution in [0.2, 0.25) is 0 Å². The van der Waals surface area contributed by atoms with Gasteiger partial charge in [0.25, 0.3) is 0 Å². The first-order valence-corrected chi connectivity index (χ1v) is 5.01. The van der Waals surface area contributed by atoms with Crippen LogP contribution in [0.1, 0.15) is 19.4 Å².